The quantitative estimate of drug-likeness (QED) is 0.0290. The van der Waals surface area contributed by atoms with E-state index in [2.05, 4.69) is 73.0 Å². The van der Waals surface area contributed by atoms with Crippen LogP contribution in [0, 0.1) is 0 Å². The van der Waals surface area contributed by atoms with Crippen LogP contribution in [0.25, 0.3) is 10.8 Å². The molecule has 0 saturated heterocycles. The second kappa shape index (κ2) is 17.1. The molecule has 9 N–H and O–H groups in total. The van der Waals surface area contributed by atoms with Crippen LogP contribution in [0.2, 0.25) is 5.28 Å². The van der Waals surface area contributed by atoms with E-state index in [1.54, 1.807) is 31.2 Å². The van der Waals surface area contributed by atoms with E-state index in [0.29, 0.717) is 16.7 Å². The minimum Gasteiger partial charge on any atom is -0.505 e. The van der Waals surface area contributed by atoms with Crippen molar-refractivity contribution in [3.63, 3.8) is 0 Å². The molecule has 0 fully saturated rings. The number of halogens is 3. The molecule has 0 bridgehead atoms. The Labute approximate surface area is 340 Å². The second-order valence-electron chi connectivity index (χ2n) is 11.1. The Bertz CT molecular complexity index is 2600. The third-order valence-electron chi connectivity index (χ3n) is 7.16. The van der Waals surface area contributed by atoms with Gasteiger partial charge in [0.25, 0.3) is 20.2 Å². The number of nitrogens with zero attached hydrogens (tertiary/aromatic N) is 5. The Morgan fingerprint density at radius 3 is 2.18 bits per heavy atom. The minimum atomic E-state index is -4.99. The van der Waals surface area contributed by atoms with Crippen LogP contribution < -0.4 is 20.7 Å². The Balaban J connectivity index is 1.63. The highest BCUT2D eigenvalue weighted by molar-refractivity contribution is 9.12. The van der Waals surface area contributed by atoms with E-state index >= 15 is 0 Å². The van der Waals surface area contributed by atoms with Crippen molar-refractivity contribution in [2.24, 2.45) is 10.2 Å². The minimum absolute atomic E-state index is 0.0379. The van der Waals surface area contributed by atoms with Crippen LogP contribution in [-0.2, 0) is 25.0 Å². The van der Waals surface area contributed by atoms with Crippen LogP contribution >= 0.6 is 54.3 Å². The first-order valence-corrected chi connectivity index (χ1v) is 22.0. The fourth-order valence-corrected chi connectivity index (χ4v) is 7.27. The number of ether oxygens (including phenoxy) is 1. The van der Waals surface area contributed by atoms with Crippen molar-refractivity contribution in [1.29, 1.82) is 0 Å². The molecule has 0 spiro atoms. The van der Waals surface area contributed by atoms with Crippen LogP contribution in [0.4, 0.5) is 40.3 Å². The Morgan fingerprint density at radius 2 is 1.55 bits per heavy atom. The molecule has 0 aliphatic carbocycles. The first-order valence-electron chi connectivity index (χ1n) is 15.2. The Morgan fingerprint density at radius 1 is 0.875 bits per heavy atom. The summed E-state index contributed by atoms with van der Waals surface area (Å²) in [6, 6.07) is 12.2. The molecule has 5 aromatic rings. The maximum Gasteiger partial charge on any atom is 0.296 e. The highest BCUT2D eigenvalue weighted by Crippen LogP contribution is 2.55. The van der Waals surface area contributed by atoms with Crippen LogP contribution in [0.3, 0.4) is 0 Å². The number of hydrogen-bond donors (Lipinski definition) is 9. The lowest BCUT2D eigenvalue weighted by atomic mass is 10.1. The lowest BCUT2D eigenvalue weighted by Crippen LogP contribution is -2.23. The van der Waals surface area contributed by atoms with Crippen molar-refractivity contribution in [3.05, 3.63) is 65.9 Å². The van der Waals surface area contributed by atoms with Gasteiger partial charge in [0.2, 0.25) is 23.1 Å². The van der Waals surface area contributed by atoms with Crippen molar-refractivity contribution in [2.75, 3.05) is 27.9 Å². The number of alkyl halides is 2. The number of nitrogens with one attached hydrogen (secondary N) is 3. The molecule has 0 aliphatic heterocycles. The highest BCUT2D eigenvalue weighted by Gasteiger charge is 2.28. The predicted octanol–water partition coefficient (Wildman–Crippen LogP) is 7.86. The van der Waals surface area contributed by atoms with Crippen molar-refractivity contribution < 1.29 is 54.2 Å². The van der Waals surface area contributed by atoms with Crippen molar-refractivity contribution in [1.82, 2.24) is 15.0 Å². The molecule has 1 amide bonds. The van der Waals surface area contributed by atoms with Gasteiger partial charge in [0.15, 0.2) is 5.75 Å². The molecule has 1 unspecified atom stereocenters. The number of hydrogen-bond acceptors (Lipinski definition) is 17. The summed E-state index contributed by atoms with van der Waals surface area (Å²) in [6.45, 7) is 1.77. The average molecular weight is 983 g/mol. The SMILES string of the molecule is CCOc1ccc(N=Nc2c(S(O)(O)O)cc3cc(S(=O)(=O)O)cc(Nc4nc(Cl)nc(Nc5cccc(NC(=O)C(Br)CBr)c5)n4)c3c2O)c(S(=O)(=O)O)c1. The van der Waals surface area contributed by atoms with Gasteiger partial charge in [-0.1, -0.05) is 37.9 Å². The van der Waals surface area contributed by atoms with Crippen molar-refractivity contribution in [2.45, 2.75) is 26.4 Å². The maximum absolute atomic E-state index is 12.3. The summed E-state index contributed by atoms with van der Waals surface area (Å²) >= 11 is 12.6. The zero-order valence-corrected chi connectivity index (χ0v) is 34.4. The average Bonchev–Trinajstić information content (AvgIpc) is 3.09. The number of rotatable bonds is 14. The highest BCUT2D eigenvalue weighted by atomic mass is 79.9. The first kappa shape index (κ1) is 42.9. The summed E-state index contributed by atoms with van der Waals surface area (Å²) in [4.78, 5) is 21.6. The number of carbonyl (C=O) groups excluding carboxylic acids is 1. The Kier molecular flexibility index (Phi) is 13.1. The fraction of sp³-hybridized carbons (Fsp3) is 0.133. The lowest BCUT2D eigenvalue weighted by molar-refractivity contribution is -0.115. The fourth-order valence-electron chi connectivity index (χ4n) is 4.83. The molecule has 1 heterocycles. The van der Waals surface area contributed by atoms with E-state index in [9.17, 15) is 49.5 Å². The molecule has 0 aliphatic rings. The van der Waals surface area contributed by atoms with Gasteiger partial charge in [0.05, 0.1) is 22.1 Å². The topological polar surface area (TPSA) is 315 Å². The molecule has 20 nitrogen and oxygen atoms in total. The molecule has 26 heteroatoms. The number of benzene rings is 4. The third kappa shape index (κ3) is 10.4. The summed E-state index contributed by atoms with van der Waals surface area (Å²) in [5, 5.41) is 26.7. The van der Waals surface area contributed by atoms with E-state index in [1.165, 1.54) is 6.07 Å². The molecular formula is C30H27Br2ClN8O12S3. The van der Waals surface area contributed by atoms with Crippen LogP contribution in [0.15, 0.2) is 85.6 Å². The molecule has 1 aromatic heterocycles. The van der Waals surface area contributed by atoms with Gasteiger partial charge >= 0.3 is 0 Å². The smallest absolute Gasteiger partial charge is 0.296 e. The van der Waals surface area contributed by atoms with Crippen LogP contribution in [0.5, 0.6) is 11.5 Å². The zero-order valence-electron chi connectivity index (χ0n) is 28.0. The van der Waals surface area contributed by atoms with Gasteiger partial charge in [-0.05, 0) is 72.4 Å². The number of phenolic OH excluding ortho intramolecular Hbond substituents is 1. The lowest BCUT2D eigenvalue weighted by Gasteiger charge is -2.23. The van der Waals surface area contributed by atoms with Crippen molar-refractivity contribution >= 4 is 132 Å². The van der Waals surface area contributed by atoms with E-state index in [-0.39, 0.29) is 51.9 Å². The number of anilines is 5. The normalized spacial score (nSPS) is 13.1. The monoisotopic (exact) mass is 980 g/mol. The summed E-state index contributed by atoms with van der Waals surface area (Å²) < 4.78 is 105. The van der Waals surface area contributed by atoms with Gasteiger partial charge in [0, 0.05) is 28.2 Å². The van der Waals surface area contributed by atoms with Crippen LogP contribution in [-0.4, -0.2) is 82.3 Å². The van der Waals surface area contributed by atoms with Gasteiger partial charge < -0.3 is 39.5 Å². The molecule has 0 saturated carbocycles. The first-order chi connectivity index (χ1) is 26.2. The van der Waals surface area contributed by atoms with E-state index in [4.69, 9.17) is 16.3 Å². The summed E-state index contributed by atoms with van der Waals surface area (Å²) in [5.41, 5.74) is -0.916. The molecule has 4 aromatic carbocycles. The van der Waals surface area contributed by atoms with E-state index < -0.39 is 67.7 Å². The molecule has 0 radical (unpaired) electrons. The number of azo groups is 1. The predicted molar refractivity (Wildman–Crippen MR) is 214 cm³/mol. The standard InChI is InChI=1S/C30H27Br2ClN8O12S3/c1-2-53-17-6-7-20(22(11-17)55(47,48)49)40-41-25-23(56(50,51)52)9-14-8-18(54(44,45)46)12-21(24(14)26(25)42)36-30-38-28(33)37-29(39-30)35-16-5-3-4-15(10-16)34-27(43)19(32)13-31/h3-12,19,42,50-52H,2,13H2,1H3,(H,34,43)(H,44,45,46)(H,47,48,49)(H2,35,36,37,38,39). The van der Waals surface area contributed by atoms with Gasteiger partial charge in [-0.3, -0.25) is 13.9 Å². The molecule has 56 heavy (non-hydrogen) atoms. The zero-order chi connectivity index (χ0) is 41.2. The largest absolute Gasteiger partial charge is 0.505 e. The second-order valence-corrected chi connectivity index (χ2v) is 17.4. The Hall–Kier alpha value is -4.28. The van der Waals surface area contributed by atoms with E-state index in [1.807, 2.05) is 0 Å². The van der Waals surface area contributed by atoms with Crippen LogP contribution in [0.1, 0.15) is 6.92 Å². The number of carbonyl (C=O) groups is 1. The summed E-state index contributed by atoms with van der Waals surface area (Å²) in [7, 11) is -14.7. The summed E-state index contributed by atoms with van der Waals surface area (Å²) in [5.74, 6) is -1.80. The number of fused-ring (bicyclic) bond motifs is 1. The molecule has 298 valence electrons. The van der Waals surface area contributed by atoms with Gasteiger partial charge in [-0.25, -0.2) is 0 Å². The summed E-state index contributed by atoms with van der Waals surface area (Å²) in [6.07, 6.45) is 0. The number of amides is 1. The molecule has 5 rings (SSSR count). The number of aromatic nitrogens is 3. The van der Waals surface area contributed by atoms with E-state index in [0.717, 1.165) is 30.3 Å². The van der Waals surface area contributed by atoms with Crippen molar-refractivity contribution in [3.8, 4) is 11.5 Å². The molecular weight excluding hydrogens is 956 g/mol. The maximum atomic E-state index is 12.3. The third-order valence-corrected chi connectivity index (χ3v) is 12.2. The number of phenols is 1. The number of aromatic hydroxyl groups is 1. The molecule has 1 atom stereocenters. The van der Waals surface area contributed by atoms with Gasteiger partial charge in [-0.2, -0.15) is 31.8 Å². The van der Waals surface area contributed by atoms with Gasteiger partial charge in [0.1, 0.15) is 37.7 Å². The van der Waals surface area contributed by atoms with Gasteiger partial charge in [-0.15, -0.1) is 10.2 Å².